The Bertz CT molecular complexity index is 926. The Morgan fingerprint density at radius 3 is 2.47 bits per heavy atom. The van der Waals surface area contributed by atoms with Crippen molar-refractivity contribution in [1.29, 1.82) is 0 Å². The van der Waals surface area contributed by atoms with E-state index in [1.807, 2.05) is 13.0 Å². The molecule has 1 N–H and O–H groups in total. The van der Waals surface area contributed by atoms with E-state index in [1.54, 1.807) is 0 Å². The van der Waals surface area contributed by atoms with E-state index in [2.05, 4.69) is 17.4 Å². The lowest BCUT2D eigenvalue weighted by Crippen LogP contribution is -2.32. The summed E-state index contributed by atoms with van der Waals surface area (Å²) in [5.74, 6) is -0.808. The molecule has 0 saturated heterocycles. The molecule has 1 aliphatic carbocycles. The third-order valence-corrected chi connectivity index (χ3v) is 5.02. The van der Waals surface area contributed by atoms with Crippen molar-refractivity contribution in [3.8, 4) is 5.75 Å². The molecule has 0 aliphatic heterocycles. The molecule has 1 atom stereocenters. The number of ether oxygens (including phenoxy) is 2. The summed E-state index contributed by atoms with van der Waals surface area (Å²) in [4.78, 5) is 34.0. The summed E-state index contributed by atoms with van der Waals surface area (Å²) in [6, 6.07) is 11.4. The minimum Gasteiger partial charge on any atom is -0.482 e. The Labute approximate surface area is 174 Å². The van der Waals surface area contributed by atoms with Crippen molar-refractivity contribution in [2.24, 2.45) is 0 Å². The first-order valence-electron chi connectivity index (χ1n) is 9.86. The van der Waals surface area contributed by atoms with E-state index in [4.69, 9.17) is 9.47 Å². The van der Waals surface area contributed by atoms with Crippen LogP contribution in [0.25, 0.3) is 0 Å². The maximum Gasteiger partial charge on any atom is 0.344 e. The van der Waals surface area contributed by atoms with E-state index in [0.717, 1.165) is 18.4 Å². The van der Waals surface area contributed by atoms with Gasteiger partial charge in [0.1, 0.15) is 5.75 Å². The SMILES string of the molecule is C[C@@H](NC(=O)COC(=O)COc1ccc([N+](=O)[O-])cc1)c1ccc2c(c1)CCCC2. The van der Waals surface area contributed by atoms with Gasteiger partial charge in [0.2, 0.25) is 0 Å². The molecule has 158 valence electrons. The van der Waals surface area contributed by atoms with E-state index >= 15 is 0 Å². The molecule has 0 heterocycles. The number of nitrogens with one attached hydrogen (secondary N) is 1. The second-order valence-electron chi connectivity index (χ2n) is 7.22. The summed E-state index contributed by atoms with van der Waals surface area (Å²) in [5.41, 5.74) is 3.67. The summed E-state index contributed by atoms with van der Waals surface area (Å²) >= 11 is 0. The highest BCUT2D eigenvalue weighted by molar-refractivity contribution is 5.81. The van der Waals surface area contributed by atoms with Crippen LogP contribution in [0.2, 0.25) is 0 Å². The van der Waals surface area contributed by atoms with E-state index < -0.39 is 30.0 Å². The quantitative estimate of drug-likeness (QED) is 0.405. The maximum absolute atomic E-state index is 12.1. The maximum atomic E-state index is 12.1. The molecule has 0 unspecified atom stereocenters. The van der Waals surface area contributed by atoms with Gasteiger partial charge in [-0.25, -0.2) is 4.79 Å². The van der Waals surface area contributed by atoms with Gasteiger partial charge in [-0.3, -0.25) is 14.9 Å². The number of amides is 1. The Hall–Kier alpha value is -3.42. The highest BCUT2D eigenvalue weighted by Gasteiger charge is 2.15. The molecule has 0 aromatic heterocycles. The summed E-state index contributed by atoms with van der Waals surface area (Å²) < 4.78 is 10.1. The standard InChI is InChI=1S/C22H24N2O6/c1-15(17-7-6-16-4-2-3-5-18(16)12-17)23-21(25)13-30-22(26)14-29-20-10-8-19(9-11-20)24(27)28/h6-12,15H,2-5,13-14H2,1H3,(H,23,25)/t15-/m1/s1. The Morgan fingerprint density at radius 1 is 1.07 bits per heavy atom. The lowest BCUT2D eigenvalue weighted by molar-refractivity contribution is -0.384. The van der Waals surface area contributed by atoms with Gasteiger partial charge in [-0.05, 0) is 61.4 Å². The molecule has 0 radical (unpaired) electrons. The first-order chi connectivity index (χ1) is 14.4. The molecule has 8 heteroatoms. The first-order valence-corrected chi connectivity index (χ1v) is 9.86. The molecule has 30 heavy (non-hydrogen) atoms. The van der Waals surface area contributed by atoms with Crippen molar-refractivity contribution >= 4 is 17.6 Å². The van der Waals surface area contributed by atoms with Crippen molar-refractivity contribution < 1.29 is 24.0 Å². The molecule has 3 rings (SSSR count). The first kappa shape index (κ1) is 21.3. The van der Waals surface area contributed by atoms with Gasteiger partial charge in [0.15, 0.2) is 13.2 Å². The Balaban J connectivity index is 1.41. The second-order valence-corrected chi connectivity index (χ2v) is 7.22. The monoisotopic (exact) mass is 412 g/mol. The molecule has 1 aliphatic rings. The van der Waals surface area contributed by atoms with Crippen molar-refractivity contribution in [1.82, 2.24) is 5.32 Å². The highest BCUT2D eigenvalue weighted by Crippen LogP contribution is 2.24. The van der Waals surface area contributed by atoms with Gasteiger partial charge in [-0.1, -0.05) is 18.2 Å². The Morgan fingerprint density at radius 2 is 1.77 bits per heavy atom. The third-order valence-electron chi connectivity index (χ3n) is 5.02. The van der Waals surface area contributed by atoms with Gasteiger partial charge in [-0.2, -0.15) is 0 Å². The molecule has 0 saturated carbocycles. The lowest BCUT2D eigenvalue weighted by atomic mass is 9.89. The van der Waals surface area contributed by atoms with Crippen molar-refractivity contribution in [2.45, 2.75) is 38.6 Å². The fourth-order valence-electron chi connectivity index (χ4n) is 3.38. The van der Waals surface area contributed by atoms with Crippen LogP contribution in [-0.2, 0) is 27.2 Å². The number of fused-ring (bicyclic) bond motifs is 1. The summed E-state index contributed by atoms with van der Waals surface area (Å²) in [7, 11) is 0. The normalized spacial score (nSPS) is 13.6. The van der Waals surface area contributed by atoms with Gasteiger partial charge in [0.05, 0.1) is 11.0 Å². The van der Waals surface area contributed by atoms with Crippen LogP contribution in [0.15, 0.2) is 42.5 Å². The van der Waals surface area contributed by atoms with E-state index in [0.29, 0.717) is 5.75 Å². The molecule has 0 fully saturated rings. The van der Waals surface area contributed by atoms with Crippen LogP contribution in [-0.4, -0.2) is 30.0 Å². The van der Waals surface area contributed by atoms with Crippen LogP contribution in [0.4, 0.5) is 5.69 Å². The number of nitro benzene ring substituents is 1. The molecular formula is C22H24N2O6. The molecule has 0 bridgehead atoms. The molecule has 2 aromatic carbocycles. The number of benzene rings is 2. The van der Waals surface area contributed by atoms with Crippen LogP contribution < -0.4 is 10.1 Å². The van der Waals surface area contributed by atoms with Crippen molar-refractivity contribution in [2.75, 3.05) is 13.2 Å². The van der Waals surface area contributed by atoms with Gasteiger partial charge >= 0.3 is 5.97 Å². The average Bonchev–Trinajstić information content (AvgIpc) is 2.76. The lowest BCUT2D eigenvalue weighted by Gasteiger charge is -2.20. The van der Waals surface area contributed by atoms with E-state index in [9.17, 15) is 19.7 Å². The summed E-state index contributed by atoms with van der Waals surface area (Å²) in [6.45, 7) is 1.09. The zero-order valence-corrected chi connectivity index (χ0v) is 16.8. The summed E-state index contributed by atoms with van der Waals surface area (Å²) in [6.07, 6.45) is 4.58. The predicted molar refractivity (Wildman–Crippen MR) is 109 cm³/mol. The minimum atomic E-state index is -0.704. The number of carbonyl (C=O) groups is 2. The largest absolute Gasteiger partial charge is 0.482 e. The number of nitrogens with zero attached hydrogens (tertiary/aromatic N) is 1. The van der Waals surface area contributed by atoms with Crippen molar-refractivity contribution in [3.63, 3.8) is 0 Å². The smallest absolute Gasteiger partial charge is 0.344 e. The number of aryl methyl sites for hydroxylation is 2. The number of hydrogen-bond acceptors (Lipinski definition) is 6. The average molecular weight is 412 g/mol. The van der Waals surface area contributed by atoms with E-state index in [-0.39, 0.29) is 11.7 Å². The number of rotatable bonds is 8. The molecule has 8 nitrogen and oxygen atoms in total. The molecule has 0 spiro atoms. The number of nitro groups is 1. The van der Waals surface area contributed by atoms with E-state index in [1.165, 1.54) is 48.2 Å². The second kappa shape index (κ2) is 9.87. The predicted octanol–water partition coefficient (Wildman–Crippen LogP) is 3.27. The van der Waals surface area contributed by atoms with Crippen LogP contribution in [0.1, 0.15) is 42.5 Å². The fourth-order valence-corrected chi connectivity index (χ4v) is 3.38. The van der Waals surface area contributed by atoms with Crippen LogP contribution >= 0.6 is 0 Å². The van der Waals surface area contributed by atoms with Crippen LogP contribution in [0, 0.1) is 10.1 Å². The van der Waals surface area contributed by atoms with Crippen LogP contribution in [0.5, 0.6) is 5.75 Å². The topological polar surface area (TPSA) is 108 Å². The molecular weight excluding hydrogens is 388 g/mol. The fraction of sp³-hybridized carbons (Fsp3) is 0.364. The van der Waals surface area contributed by atoms with Crippen LogP contribution in [0.3, 0.4) is 0 Å². The zero-order chi connectivity index (χ0) is 21.5. The number of carbonyl (C=O) groups excluding carboxylic acids is 2. The van der Waals surface area contributed by atoms with Gasteiger partial charge < -0.3 is 14.8 Å². The number of hydrogen-bond donors (Lipinski definition) is 1. The van der Waals surface area contributed by atoms with Gasteiger partial charge in [-0.15, -0.1) is 0 Å². The summed E-state index contributed by atoms with van der Waals surface area (Å²) in [5, 5.41) is 13.4. The van der Waals surface area contributed by atoms with Gasteiger partial charge in [0, 0.05) is 12.1 Å². The third kappa shape index (κ3) is 5.79. The van der Waals surface area contributed by atoms with Gasteiger partial charge in [0.25, 0.3) is 11.6 Å². The molecule has 1 amide bonds. The Kier molecular flexibility index (Phi) is 7.00. The number of non-ortho nitro benzene ring substituents is 1. The molecule has 2 aromatic rings. The van der Waals surface area contributed by atoms with Crippen molar-refractivity contribution in [3.05, 3.63) is 69.3 Å². The minimum absolute atomic E-state index is 0.0744. The highest BCUT2D eigenvalue weighted by atomic mass is 16.6. The zero-order valence-electron chi connectivity index (χ0n) is 16.8. The number of esters is 1.